The number of aldehydes is 1. The van der Waals surface area contributed by atoms with Crippen LogP contribution in [-0.4, -0.2) is 71.5 Å². The van der Waals surface area contributed by atoms with E-state index in [2.05, 4.69) is 8.75 Å². The summed E-state index contributed by atoms with van der Waals surface area (Å²) in [5.74, 6) is 1.31. The number of methoxy groups -OCH3 is 2. The molecule has 0 aliphatic carbocycles. The highest BCUT2D eigenvalue weighted by molar-refractivity contribution is 7.00. The Morgan fingerprint density at radius 2 is 1.28 bits per heavy atom. The van der Waals surface area contributed by atoms with Gasteiger partial charge in [-0.15, -0.1) is 0 Å². The highest BCUT2D eigenvalue weighted by atomic mass is 32.1. The predicted molar refractivity (Wildman–Crippen MR) is 225 cm³/mol. The minimum absolute atomic E-state index is 0.00417. The van der Waals surface area contributed by atoms with Crippen molar-refractivity contribution in [1.29, 1.82) is 0 Å². The summed E-state index contributed by atoms with van der Waals surface area (Å²) < 4.78 is 59.9. The van der Waals surface area contributed by atoms with Gasteiger partial charge in [0.05, 0.1) is 55.9 Å². The Balaban J connectivity index is 0.000000282. The molecule has 0 radical (unpaired) electrons. The van der Waals surface area contributed by atoms with E-state index in [-0.39, 0.29) is 43.2 Å². The summed E-state index contributed by atoms with van der Waals surface area (Å²) in [6.45, 7) is 15.5. The Hall–Kier alpha value is -6.06. The SMILES string of the molecule is COc1cc(C=O)cc(OC(C)C)c1OC(C)C.COc1cc(CC2=C(c3ccc4c(c3)OCO4)C(=O)OC2(O)c2ccc3nsnc3c2)cc(OC(C)C)c1OC(C)C. The zero-order chi connectivity index (χ0) is 43.3. The Kier molecular flexibility index (Phi) is 13.4. The van der Waals surface area contributed by atoms with E-state index in [4.69, 9.17) is 42.6 Å². The Bertz CT molecular complexity index is 2390. The molecule has 3 heterocycles. The maximum atomic E-state index is 13.6. The third kappa shape index (κ3) is 9.53. The number of aromatic nitrogens is 2. The molecule has 1 unspecified atom stereocenters. The average Bonchev–Trinajstić information content (AvgIpc) is 3.93. The summed E-state index contributed by atoms with van der Waals surface area (Å²) in [7, 11) is 3.09. The molecule has 1 N–H and O–H groups in total. The van der Waals surface area contributed by atoms with Gasteiger partial charge >= 0.3 is 5.97 Å². The number of ether oxygens (including phenoxy) is 9. The van der Waals surface area contributed by atoms with Gasteiger partial charge in [-0.25, -0.2) is 4.79 Å². The summed E-state index contributed by atoms with van der Waals surface area (Å²) in [6, 6.07) is 17.2. The van der Waals surface area contributed by atoms with Crippen molar-refractivity contribution < 1.29 is 57.3 Å². The van der Waals surface area contributed by atoms with Gasteiger partial charge in [0.2, 0.25) is 18.3 Å². The molecule has 0 saturated heterocycles. The number of rotatable bonds is 15. The first-order valence-corrected chi connectivity index (χ1v) is 20.2. The van der Waals surface area contributed by atoms with Gasteiger partial charge in [0.1, 0.15) is 17.3 Å². The number of nitrogens with zero attached hydrogens (tertiary/aromatic N) is 2. The zero-order valence-electron chi connectivity index (χ0n) is 35.3. The van der Waals surface area contributed by atoms with E-state index in [0.717, 1.165) is 18.0 Å². The van der Waals surface area contributed by atoms with Gasteiger partial charge < -0.3 is 47.7 Å². The van der Waals surface area contributed by atoms with Crippen molar-refractivity contribution in [3.05, 3.63) is 88.5 Å². The van der Waals surface area contributed by atoms with Gasteiger partial charge in [-0.1, -0.05) is 6.07 Å². The molecule has 2 aliphatic heterocycles. The molecule has 0 saturated carbocycles. The van der Waals surface area contributed by atoms with E-state index in [9.17, 15) is 14.7 Å². The van der Waals surface area contributed by atoms with Crippen molar-refractivity contribution in [3.8, 4) is 46.0 Å². The number of hydrogen-bond acceptors (Lipinski definition) is 15. The molecular weight excluding hydrogens is 793 g/mol. The smallest absolute Gasteiger partial charge is 0.342 e. The summed E-state index contributed by atoms with van der Waals surface area (Å²) >= 11 is 1.06. The molecule has 0 amide bonds. The molecule has 7 rings (SSSR count). The van der Waals surface area contributed by atoms with Crippen molar-refractivity contribution in [2.45, 2.75) is 92.0 Å². The number of aliphatic hydroxyl groups is 1. The van der Waals surface area contributed by atoms with Crippen molar-refractivity contribution >= 4 is 40.6 Å². The van der Waals surface area contributed by atoms with E-state index in [1.807, 2.05) is 67.5 Å². The second kappa shape index (κ2) is 18.5. The van der Waals surface area contributed by atoms with E-state index >= 15 is 0 Å². The molecule has 4 aromatic carbocycles. The fourth-order valence-corrected chi connectivity index (χ4v) is 7.13. The third-order valence-corrected chi connectivity index (χ3v) is 9.53. The van der Waals surface area contributed by atoms with Gasteiger partial charge in [0, 0.05) is 23.1 Å². The number of cyclic esters (lactones) is 1. The van der Waals surface area contributed by atoms with Crippen LogP contribution in [0.3, 0.4) is 0 Å². The third-order valence-electron chi connectivity index (χ3n) is 8.97. The number of fused-ring (bicyclic) bond motifs is 2. The fraction of sp³-hybridized carbons (Fsp3) is 0.378. The minimum Gasteiger partial charge on any atom is -0.493 e. The average molecular weight is 843 g/mol. The zero-order valence-corrected chi connectivity index (χ0v) is 36.1. The van der Waals surface area contributed by atoms with Crippen LogP contribution in [0.25, 0.3) is 16.6 Å². The van der Waals surface area contributed by atoms with Crippen LogP contribution in [0.5, 0.6) is 46.0 Å². The van der Waals surface area contributed by atoms with E-state index < -0.39 is 11.8 Å². The molecule has 318 valence electrons. The van der Waals surface area contributed by atoms with Gasteiger partial charge in [-0.05, 0) is 121 Å². The second-order valence-electron chi connectivity index (χ2n) is 15.1. The predicted octanol–water partition coefficient (Wildman–Crippen LogP) is 8.48. The van der Waals surface area contributed by atoms with Crippen LogP contribution in [0.4, 0.5) is 0 Å². The number of hydrogen-bond donors (Lipinski definition) is 1. The van der Waals surface area contributed by atoms with Crippen molar-refractivity contribution in [2.75, 3.05) is 21.0 Å². The van der Waals surface area contributed by atoms with Crippen LogP contribution in [-0.2, 0) is 21.7 Å². The Morgan fingerprint density at radius 1 is 0.717 bits per heavy atom. The summed E-state index contributed by atoms with van der Waals surface area (Å²) in [5, 5.41) is 12.2. The van der Waals surface area contributed by atoms with Crippen LogP contribution in [0.2, 0.25) is 0 Å². The normalized spacial score (nSPS) is 15.7. The molecular formula is C45H50N2O12S. The molecule has 60 heavy (non-hydrogen) atoms. The molecule has 1 atom stereocenters. The van der Waals surface area contributed by atoms with Crippen LogP contribution >= 0.6 is 11.7 Å². The maximum absolute atomic E-state index is 13.6. The van der Waals surface area contributed by atoms with Gasteiger partial charge in [-0.2, -0.15) is 8.75 Å². The lowest BCUT2D eigenvalue weighted by Crippen LogP contribution is -2.29. The minimum atomic E-state index is -2.08. The maximum Gasteiger partial charge on any atom is 0.342 e. The lowest BCUT2D eigenvalue weighted by molar-refractivity contribution is -0.185. The van der Waals surface area contributed by atoms with E-state index in [1.54, 1.807) is 55.6 Å². The number of benzene rings is 4. The number of carbonyl (C=O) groups excluding carboxylic acids is 2. The molecule has 1 aromatic heterocycles. The largest absolute Gasteiger partial charge is 0.493 e. The van der Waals surface area contributed by atoms with Crippen molar-refractivity contribution in [3.63, 3.8) is 0 Å². The van der Waals surface area contributed by atoms with E-state index in [0.29, 0.717) is 84.9 Å². The number of esters is 1. The van der Waals surface area contributed by atoms with Gasteiger partial charge in [0.15, 0.2) is 34.5 Å². The molecule has 14 nitrogen and oxygen atoms in total. The summed E-state index contributed by atoms with van der Waals surface area (Å²) in [4.78, 5) is 24.5. The quantitative estimate of drug-likeness (QED) is 0.0788. The van der Waals surface area contributed by atoms with Crippen LogP contribution < -0.4 is 37.9 Å². The summed E-state index contributed by atoms with van der Waals surface area (Å²) in [6.07, 6.45) is 0.595. The Labute approximate surface area is 353 Å². The standard InChI is InChI=1S/C31H30N2O8S.C14H20O4/c1-16(2)39-27-12-18(11-26(36-5)29(27)40-17(3)4)10-21-28(19-6-9-24-25(13-19)38-15-37-24)30(34)41-31(21,35)20-7-8-22-23(14-20)33-42-32-22;1-9(2)17-13-7-11(8-15)6-12(16-5)14(13)18-10(3)4/h6-9,11-14,16-17,35H,10,15H2,1-5H3;6-10H,1-5H3. The van der Waals surface area contributed by atoms with Gasteiger partial charge in [-0.3, -0.25) is 4.79 Å². The molecule has 0 spiro atoms. The molecule has 15 heteroatoms. The van der Waals surface area contributed by atoms with Crippen molar-refractivity contribution in [1.82, 2.24) is 8.75 Å². The highest BCUT2D eigenvalue weighted by Gasteiger charge is 2.48. The lowest BCUT2D eigenvalue weighted by Gasteiger charge is -2.26. The first kappa shape index (κ1) is 43.5. The number of carbonyl (C=O) groups is 2. The Morgan fingerprint density at radius 3 is 1.90 bits per heavy atom. The van der Waals surface area contributed by atoms with Gasteiger partial charge in [0.25, 0.3) is 5.79 Å². The van der Waals surface area contributed by atoms with Crippen LogP contribution in [0.1, 0.15) is 82.4 Å². The summed E-state index contributed by atoms with van der Waals surface area (Å²) in [5.41, 5.74) is 3.91. The fourth-order valence-electron chi connectivity index (χ4n) is 6.61. The van der Waals surface area contributed by atoms with E-state index in [1.165, 1.54) is 7.11 Å². The molecule has 5 aromatic rings. The lowest BCUT2D eigenvalue weighted by atomic mass is 9.87. The second-order valence-corrected chi connectivity index (χ2v) is 15.6. The first-order valence-electron chi connectivity index (χ1n) is 19.5. The topological polar surface area (TPSA) is 163 Å². The van der Waals surface area contributed by atoms with Crippen LogP contribution in [0, 0.1) is 0 Å². The molecule has 0 fully saturated rings. The first-order chi connectivity index (χ1) is 28.6. The molecule has 2 aliphatic rings. The highest BCUT2D eigenvalue weighted by Crippen LogP contribution is 2.48. The van der Waals surface area contributed by atoms with Crippen LogP contribution in [0.15, 0.2) is 66.2 Å². The monoisotopic (exact) mass is 842 g/mol. The molecule has 0 bridgehead atoms. The van der Waals surface area contributed by atoms with Crippen molar-refractivity contribution in [2.24, 2.45) is 0 Å².